The van der Waals surface area contributed by atoms with Crippen LogP contribution in [0.1, 0.15) is 16.7 Å². The minimum Gasteiger partial charge on any atom is -0.352 e. The molecule has 0 bridgehead atoms. The first-order valence-corrected chi connectivity index (χ1v) is 11.0. The van der Waals surface area contributed by atoms with Crippen molar-refractivity contribution < 1.29 is 9.18 Å². The van der Waals surface area contributed by atoms with Crippen LogP contribution in [0.15, 0.2) is 47.5 Å². The molecule has 0 spiro atoms. The number of benzene rings is 2. The van der Waals surface area contributed by atoms with E-state index in [1.807, 2.05) is 49.5 Å². The second-order valence-corrected chi connectivity index (χ2v) is 7.98. The zero-order valence-electron chi connectivity index (χ0n) is 18.4. The Morgan fingerprint density at radius 1 is 1.10 bits per heavy atom. The number of likely N-dealkylation sites (N-methyl/N-ethyl adjacent to an activating group) is 1. The quantitative estimate of drug-likeness (QED) is 0.249. The molecule has 0 aliphatic carbocycles. The fraction of sp³-hybridized carbons (Fsp3) is 0.364. The molecular weight excluding hydrogens is 528 g/mol. The lowest BCUT2D eigenvalue weighted by atomic mass is 10.1. The summed E-state index contributed by atoms with van der Waals surface area (Å²) in [5.41, 5.74) is 3.80. The highest BCUT2D eigenvalue weighted by atomic mass is 127. The minimum atomic E-state index is -0.220. The van der Waals surface area contributed by atoms with Crippen molar-refractivity contribution in [3.05, 3.63) is 65.0 Å². The van der Waals surface area contributed by atoms with Crippen LogP contribution in [0.2, 0.25) is 0 Å². The Bertz CT molecular complexity index is 879. The van der Waals surface area contributed by atoms with Gasteiger partial charge in [0.25, 0.3) is 0 Å². The largest absolute Gasteiger partial charge is 0.352 e. The van der Waals surface area contributed by atoms with Gasteiger partial charge in [0, 0.05) is 31.6 Å². The van der Waals surface area contributed by atoms with Crippen molar-refractivity contribution in [1.29, 1.82) is 0 Å². The van der Waals surface area contributed by atoms with Crippen molar-refractivity contribution in [3.8, 4) is 0 Å². The van der Waals surface area contributed by atoms with Gasteiger partial charge in [-0.2, -0.15) is 11.8 Å². The van der Waals surface area contributed by atoms with Crippen LogP contribution in [0.3, 0.4) is 0 Å². The molecule has 2 aromatic rings. The van der Waals surface area contributed by atoms with E-state index in [0.29, 0.717) is 25.6 Å². The average Bonchev–Trinajstić information content (AvgIpc) is 2.69. The summed E-state index contributed by atoms with van der Waals surface area (Å²) < 4.78 is 13.5. The summed E-state index contributed by atoms with van der Waals surface area (Å²) in [6, 6.07) is 12.6. The summed E-state index contributed by atoms with van der Waals surface area (Å²) in [7, 11) is 5.42. The van der Waals surface area contributed by atoms with E-state index in [4.69, 9.17) is 0 Å². The molecule has 2 aromatic carbocycles. The third-order valence-corrected chi connectivity index (χ3v) is 4.87. The van der Waals surface area contributed by atoms with Crippen LogP contribution in [-0.4, -0.2) is 50.7 Å². The van der Waals surface area contributed by atoms with Gasteiger partial charge in [-0.3, -0.25) is 9.79 Å². The fourth-order valence-electron chi connectivity index (χ4n) is 2.89. The lowest BCUT2D eigenvalue weighted by Gasteiger charge is -2.15. The number of thioether (sulfide) groups is 1. The van der Waals surface area contributed by atoms with Crippen molar-refractivity contribution in [1.82, 2.24) is 15.5 Å². The van der Waals surface area contributed by atoms with E-state index in [9.17, 15) is 9.18 Å². The number of halogens is 2. The van der Waals surface area contributed by atoms with Gasteiger partial charge in [0.1, 0.15) is 5.82 Å². The number of nitrogens with zero attached hydrogens (tertiary/aromatic N) is 2. The zero-order chi connectivity index (χ0) is 21.9. The molecule has 0 saturated carbocycles. The lowest BCUT2D eigenvalue weighted by Crippen LogP contribution is -2.36. The SMILES string of the molecule is CN=C(NCc1cccc(NC(=O)CN(C)C)c1)NCc1ccc(F)cc1CSC.I. The van der Waals surface area contributed by atoms with Crippen LogP contribution in [-0.2, 0) is 23.6 Å². The maximum absolute atomic E-state index is 13.5. The molecule has 0 radical (unpaired) electrons. The molecule has 0 unspecified atom stereocenters. The number of carbonyl (C=O) groups excluding carboxylic acids is 1. The van der Waals surface area contributed by atoms with Crippen molar-refractivity contribution in [2.24, 2.45) is 4.99 Å². The zero-order valence-corrected chi connectivity index (χ0v) is 21.5. The molecule has 0 aromatic heterocycles. The topological polar surface area (TPSA) is 68.8 Å². The number of hydrogen-bond donors (Lipinski definition) is 3. The first-order valence-electron chi connectivity index (χ1n) is 9.65. The van der Waals surface area contributed by atoms with Gasteiger partial charge in [-0.1, -0.05) is 18.2 Å². The van der Waals surface area contributed by atoms with Gasteiger partial charge in [0.05, 0.1) is 6.54 Å². The van der Waals surface area contributed by atoms with E-state index in [2.05, 4.69) is 20.9 Å². The number of anilines is 1. The molecule has 3 N–H and O–H groups in total. The Morgan fingerprint density at radius 2 is 1.84 bits per heavy atom. The lowest BCUT2D eigenvalue weighted by molar-refractivity contribution is -0.116. The molecule has 0 fully saturated rings. The molecule has 170 valence electrons. The monoisotopic (exact) mass is 559 g/mol. The minimum absolute atomic E-state index is 0. The van der Waals surface area contributed by atoms with Crippen molar-refractivity contribution in [2.75, 3.05) is 39.3 Å². The van der Waals surface area contributed by atoms with Crippen LogP contribution in [0.25, 0.3) is 0 Å². The highest BCUT2D eigenvalue weighted by molar-refractivity contribution is 14.0. The molecule has 0 atom stereocenters. The molecule has 0 aliphatic heterocycles. The molecule has 0 saturated heterocycles. The molecular formula is C22H31FIN5OS. The number of amides is 1. The van der Waals surface area contributed by atoms with Crippen LogP contribution >= 0.6 is 35.7 Å². The number of rotatable bonds is 9. The first kappa shape index (κ1) is 27.2. The smallest absolute Gasteiger partial charge is 0.238 e. The van der Waals surface area contributed by atoms with Gasteiger partial charge < -0.3 is 20.9 Å². The Kier molecular flexibility index (Phi) is 12.5. The van der Waals surface area contributed by atoms with E-state index in [1.54, 1.807) is 30.9 Å². The van der Waals surface area contributed by atoms with Crippen LogP contribution in [0, 0.1) is 5.82 Å². The fourth-order valence-corrected chi connectivity index (χ4v) is 3.47. The van der Waals surface area contributed by atoms with Gasteiger partial charge in [0.15, 0.2) is 5.96 Å². The standard InChI is InChI=1S/C22H30FN5OS.HI/c1-24-22(26-13-17-8-9-19(23)11-18(17)15-30-4)25-12-16-6-5-7-20(10-16)27-21(29)14-28(2)3;/h5-11H,12-15H2,1-4H3,(H,27,29)(H2,24,25,26);1H. The Balaban J connectivity index is 0.00000480. The van der Waals surface area contributed by atoms with Gasteiger partial charge in [-0.05, 0) is 61.3 Å². The van der Waals surface area contributed by atoms with E-state index in [0.717, 1.165) is 28.1 Å². The number of nitrogens with one attached hydrogen (secondary N) is 3. The summed E-state index contributed by atoms with van der Waals surface area (Å²) in [4.78, 5) is 18.0. The molecule has 1 amide bonds. The molecule has 31 heavy (non-hydrogen) atoms. The summed E-state index contributed by atoms with van der Waals surface area (Å²) in [6.45, 7) is 1.44. The first-order chi connectivity index (χ1) is 14.4. The summed E-state index contributed by atoms with van der Waals surface area (Å²) in [6.07, 6.45) is 2.00. The number of aliphatic imine (C=N–C) groups is 1. The normalized spacial score (nSPS) is 11.1. The van der Waals surface area contributed by atoms with Crippen molar-refractivity contribution >= 4 is 53.3 Å². The average molecular weight is 559 g/mol. The summed E-state index contributed by atoms with van der Waals surface area (Å²) in [5.74, 6) is 1.13. The van der Waals surface area contributed by atoms with Crippen LogP contribution in [0.4, 0.5) is 10.1 Å². The Hall–Kier alpha value is -1.85. The highest BCUT2D eigenvalue weighted by Crippen LogP contribution is 2.16. The van der Waals surface area contributed by atoms with Gasteiger partial charge in [-0.15, -0.1) is 24.0 Å². The van der Waals surface area contributed by atoms with Crippen LogP contribution in [0.5, 0.6) is 0 Å². The second-order valence-electron chi connectivity index (χ2n) is 7.11. The number of carbonyl (C=O) groups is 1. The Labute approximate surface area is 205 Å². The summed E-state index contributed by atoms with van der Waals surface area (Å²) >= 11 is 1.66. The van der Waals surface area contributed by atoms with Gasteiger partial charge in [0.2, 0.25) is 5.91 Å². The predicted octanol–water partition coefficient (Wildman–Crippen LogP) is 3.67. The molecule has 2 rings (SSSR count). The highest BCUT2D eigenvalue weighted by Gasteiger charge is 2.07. The van der Waals surface area contributed by atoms with E-state index < -0.39 is 0 Å². The number of guanidine groups is 1. The molecule has 0 aliphatic rings. The molecule has 9 heteroatoms. The maximum atomic E-state index is 13.5. The molecule has 6 nitrogen and oxygen atoms in total. The van der Waals surface area contributed by atoms with Crippen LogP contribution < -0.4 is 16.0 Å². The second kappa shape index (κ2) is 14.3. The van der Waals surface area contributed by atoms with E-state index >= 15 is 0 Å². The van der Waals surface area contributed by atoms with Crippen molar-refractivity contribution in [2.45, 2.75) is 18.8 Å². The Morgan fingerprint density at radius 3 is 2.52 bits per heavy atom. The van der Waals surface area contributed by atoms with E-state index in [1.165, 1.54) is 6.07 Å². The maximum Gasteiger partial charge on any atom is 0.238 e. The van der Waals surface area contributed by atoms with Gasteiger partial charge in [-0.25, -0.2) is 4.39 Å². The van der Waals surface area contributed by atoms with E-state index in [-0.39, 0.29) is 35.7 Å². The predicted molar refractivity (Wildman–Crippen MR) is 140 cm³/mol. The summed E-state index contributed by atoms with van der Waals surface area (Å²) in [5, 5.41) is 9.44. The molecule has 0 heterocycles. The number of hydrogen-bond acceptors (Lipinski definition) is 4. The van der Waals surface area contributed by atoms with Gasteiger partial charge >= 0.3 is 0 Å². The third kappa shape index (κ3) is 9.88. The van der Waals surface area contributed by atoms with Crippen molar-refractivity contribution in [3.63, 3.8) is 0 Å². The third-order valence-electron chi connectivity index (χ3n) is 4.27.